The second-order valence-electron chi connectivity index (χ2n) is 3.91. The van der Waals surface area contributed by atoms with Gasteiger partial charge >= 0.3 is 0 Å². The van der Waals surface area contributed by atoms with E-state index in [2.05, 4.69) is 15.9 Å². The van der Waals surface area contributed by atoms with Gasteiger partial charge in [0, 0.05) is 15.9 Å². The van der Waals surface area contributed by atoms with Crippen LogP contribution in [-0.2, 0) is 6.42 Å². The van der Waals surface area contributed by atoms with E-state index in [4.69, 9.17) is 23.2 Å². The Morgan fingerprint density at radius 3 is 2.53 bits per heavy atom. The summed E-state index contributed by atoms with van der Waals surface area (Å²) in [6.07, 6.45) is 0.0363. The van der Waals surface area contributed by atoms with Crippen LogP contribution in [0.3, 0.4) is 0 Å². The molecule has 5 heteroatoms. The third-order valence-electron chi connectivity index (χ3n) is 2.64. The van der Waals surface area contributed by atoms with Gasteiger partial charge in [-0.25, -0.2) is 4.39 Å². The number of hydrogen-bond acceptors (Lipinski definition) is 1. The summed E-state index contributed by atoms with van der Waals surface area (Å²) in [7, 11) is 0. The molecule has 0 fully saturated rings. The molecule has 0 N–H and O–H groups in total. The maximum atomic E-state index is 13.9. The Balaban J connectivity index is 2.31. The molecule has 0 radical (unpaired) electrons. The minimum Gasteiger partial charge on any atom is -0.294 e. The van der Waals surface area contributed by atoms with Gasteiger partial charge in [-0.1, -0.05) is 41.4 Å². The maximum Gasteiger partial charge on any atom is 0.170 e. The number of carbonyl (C=O) groups excluding carboxylic acids is 1. The summed E-state index contributed by atoms with van der Waals surface area (Å²) < 4.78 is 14.3. The zero-order chi connectivity index (χ0) is 14.0. The number of benzene rings is 2. The fourth-order valence-electron chi connectivity index (χ4n) is 1.65. The van der Waals surface area contributed by atoms with Crippen molar-refractivity contribution < 1.29 is 9.18 Å². The topological polar surface area (TPSA) is 17.1 Å². The zero-order valence-corrected chi connectivity index (χ0v) is 12.7. The molecule has 0 aromatic heterocycles. The van der Waals surface area contributed by atoms with E-state index in [1.54, 1.807) is 30.3 Å². The molecular weight excluding hydrogens is 354 g/mol. The van der Waals surface area contributed by atoms with Crippen LogP contribution in [0, 0.1) is 5.82 Å². The molecule has 2 aromatic carbocycles. The van der Waals surface area contributed by atoms with Crippen molar-refractivity contribution in [1.29, 1.82) is 0 Å². The Morgan fingerprint density at radius 2 is 1.84 bits per heavy atom. The lowest BCUT2D eigenvalue weighted by Gasteiger charge is -2.06. The van der Waals surface area contributed by atoms with Gasteiger partial charge in [-0.15, -0.1) is 0 Å². The van der Waals surface area contributed by atoms with Crippen LogP contribution in [0.15, 0.2) is 40.9 Å². The van der Waals surface area contributed by atoms with E-state index in [0.717, 1.165) is 0 Å². The van der Waals surface area contributed by atoms with Gasteiger partial charge in [0.15, 0.2) is 11.6 Å². The molecule has 0 aliphatic carbocycles. The average Bonchev–Trinajstić information content (AvgIpc) is 2.39. The minimum absolute atomic E-state index is 0.0341. The molecule has 2 rings (SSSR count). The van der Waals surface area contributed by atoms with Crippen molar-refractivity contribution >= 4 is 44.9 Å². The average molecular weight is 362 g/mol. The van der Waals surface area contributed by atoms with Crippen molar-refractivity contribution in [2.24, 2.45) is 0 Å². The number of ketones is 1. The Kier molecular flexibility index (Phi) is 4.61. The molecule has 0 bridgehead atoms. The Morgan fingerprint density at radius 1 is 1.16 bits per heavy atom. The fourth-order valence-corrected chi connectivity index (χ4v) is 2.32. The van der Waals surface area contributed by atoms with Crippen molar-refractivity contribution in [1.82, 2.24) is 0 Å². The van der Waals surface area contributed by atoms with Gasteiger partial charge in [0.05, 0.1) is 10.6 Å². The van der Waals surface area contributed by atoms with Crippen molar-refractivity contribution in [3.8, 4) is 0 Å². The highest BCUT2D eigenvalue weighted by Gasteiger charge is 2.17. The van der Waals surface area contributed by atoms with E-state index in [1.807, 2.05) is 0 Å². The smallest absolute Gasteiger partial charge is 0.170 e. The van der Waals surface area contributed by atoms with Gasteiger partial charge < -0.3 is 0 Å². The zero-order valence-electron chi connectivity index (χ0n) is 9.59. The summed E-state index contributed by atoms with van der Waals surface area (Å²) in [5.74, 6) is -1.08. The first kappa shape index (κ1) is 14.5. The first-order chi connectivity index (χ1) is 9.00. The van der Waals surface area contributed by atoms with Crippen LogP contribution < -0.4 is 0 Å². The highest BCUT2D eigenvalue weighted by molar-refractivity contribution is 9.10. The van der Waals surface area contributed by atoms with Gasteiger partial charge in [0.2, 0.25) is 0 Å². The SMILES string of the molecule is O=C(Cc1ccccc1Cl)c1ccc(Br)c(Cl)c1F. The van der Waals surface area contributed by atoms with Crippen LogP contribution in [0.2, 0.25) is 10.0 Å². The van der Waals surface area contributed by atoms with Crippen LogP contribution in [0.4, 0.5) is 4.39 Å². The third-order valence-corrected chi connectivity index (χ3v) is 4.27. The van der Waals surface area contributed by atoms with Gasteiger partial charge in [-0.05, 0) is 39.7 Å². The van der Waals surface area contributed by atoms with Gasteiger partial charge in [-0.2, -0.15) is 0 Å². The highest BCUT2D eigenvalue weighted by atomic mass is 79.9. The molecule has 0 amide bonds. The van der Waals surface area contributed by atoms with E-state index in [9.17, 15) is 9.18 Å². The van der Waals surface area contributed by atoms with Gasteiger partial charge in [-0.3, -0.25) is 4.79 Å². The molecule has 0 aliphatic heterocycles. The quantitative estimate of drug-likeness (QED) is 0.534. The lowest BCUT2D eigenvalue weighted by molar-refractivity contribution is 0.0989. The lowest BCUT2D eigenvalue weighted by atomic mass is 10.0. The van der Waals surface area contributed by atoms with Crippen molar-refractivity contribution in [3.63, 3.8) is 0 Å². The largest absolute Gasteiger partial charge is 0.294 e. The minimum atomic E-state index is -0.715. The summed E-state index contributed by atoms with van der Waals surface area (Å²) in [6.45, 7) is 0. The van der Waals surface area contributed by atoms with Crippen LogP contribution in [0.25, 0.3) is 0 Å². The van der Waals surface area contributed by atoms with E-state index in [-0.39, 0.29) is 22.8 Å². The summed E-state index contributed by atoms with van der Waals surface area (Å²) in [5, 5.41) is 0.393. The molecule has 0 heterocycles. The standard InChI is InChI=1S/C14H8BrCl2FO/c15-10-6-5-9(14(18)13(10)17)12(19)7-8-3-1-2-4-11(8)16/h1-6H,7H2. The molecule has 2 aromatic rings. The third kappa shape index (κ3) is 3.16. The van der Waals surface area contributed by atoms with Crippen LogP contribution in [0.5, 0.6) is 0 Å². The number of carbonyl (C=O) groups is 1. The summed E-state index contributed by atoms with van der Waals surface area (Å²) in [5.41, 5.74) is 0.626. The van der Waals surface area contributed by atoms with E-state index in [0.29, 0.717) is 15.1 Å². The number of hydrogen-bond donors (Lipinski definition) is 0. The second-order valence-corrected chi connectivity index (χ2v) is 5.55. The molecular formula is C14H8BrCl2FO. The molecule has 0 spiro atoms. The number of halogens is 4. The Hall–Kier alpha value is -0.900. The van der Waals surface area contributed by atoms with E-state index >= 15 is 0 Å². The van der Waals surface area contributed by atoms with E-state index in [1.165, 1.54) is 6.07 Å². The molecule has 98 valence electrons. The monoisotopic (exact) mass is 360 g/mol. The Labute approximate surface area is 128 Å². The maximum absolute atomic E-state index is 13.9. The lowest BCUT2D eigenvalue weighted by Crippen LogP contribution is -2.07. The summed E-state index contributed by atoms with van der Waals surface area (Å²) in [4.78, 5) is 12.1. The molecule has 19 heavy (non-hydrogen) atoms. The molecule has 0 saturated heterocycles. The van der Waals surface area contributed by atoms with Crippen LogP contribution in [-0.4, -0.2) is 5.78 Å². The molecule has 0 saturated carbocycles. The predicted molar refractivity (Wildman–Crippen MR) is 78.6 cm³/mol. The molecule has 0 aliphatic rings. The molecule has 1 nitrogen and oxygen atoms in total. The first-order valence-electron chi connectivity index (χ1n) is 5.41. The summed E-state index contributed by atoms with van der Waals surface area (Å²) >= 11 is 14.8. The van der Waals surface area contributed by atoms with Gasteiger partial charge in [0.25, 0.3) is 0 Å². The van der Waals surface area contributed by atoms with Crippen molar-refractivity contribution in [3.05, 3.63) is 67.9 Å². The molecule has 0 atom stereocenters. The van der Waals surface area contributed by atoms with Crippen molar-refractivity contribution in [2.75, 3.05) is 0 Å². The number of rotatable bonds is 3. The normalized spacial score (nSPS) is 10.5. The van der Waals surface area contributed by atoms with Crippen molar-refractivity contribution in [2.45, 2.75) is 6.42 Å². The molecule has 0 unspecified atom stereocenters. The Bertz CT molecular complexity index is 643. The van der Waals surface area contributed by atoms with Crippen LogP contribution in [0.1, 0.15) is 15.9 Å². The van der Waals surface area contributed by atoms with E-state index < -0.39 is 5.82 Å². The predicted octanol–water partition coefficient (Wildman–Crippen LogP) is 5.32. The fraction of sp³-hybridized carbons (Fsp3) is 0.0714. The first-order valence-corrected chi connectivity index (χ1v) is 6.95. The number of Topliss-reactive ketones (excluding diaryl/α,β-unsaturated/α-hetero) is 1. The van der Waals surface area contributed by atoms with Crippen LogP contribution >= 0.6 is 39.1 Å². The highest BCUT2D eigenvalue weighted by Crippen LogP contribution is 2.28. The summed E-state index contributed by atoms with van der Waals surface area (Å²) in [6, 6.07) is 9.93. The van der Waals surface area contributed by atoms with Gasteiger partial charge in [0.1, 0.15) is 0 Å². The second kappa shape index (κ2) is 6.04.